The molecule has 0 aliphatic rings. The maximum Gasteiger partial charge on any atom is 0.0991 e. The quantitative estimate of drug-likeness (QED) is 0.654. The van der Waals surface area contributed by atoms with E-state index in [2.05, 4.69) is 11.1 Å². The summed E-state index contributed by atoms with van der Waals surface area (Å²) in [5, 5.41) is 0.706. The van der Waals surface area contributed by atoms with Crippen molar-refractivity contribution in [3.8, 4) is 5.69 Å². The lowest BCUT2D eigenvalue weighted by molar-refractivity contribution is 1.05. The molecule has 1 radical (unpaired) electrons. The molecule has 0 amide bonds. The maximum atomic E-state index is 5.81. The topological polar surface area (TPSA) is 17.8 Å². The second-order valence-electron chi connectivity index (χ2n) is 2.36. The van der Waals surface area contributed by atoms with Gasteiger partial charge in [-0.05, 0) is 12.1 Å². The summed E-state index contributed by atoms with van der Waals surface area (Å²) in [7, 11) is 0. The normalized spacial score (nSPS) is 10.1. The average molecular weight is 178 g/mol. The minimum absolute atomic E-state index is 0.706. The first kappa shape index (κ1) is 7.37. The number of halogens is 1. The number of benzene rings is 1. The molecule has 0 saturated heterocycles. The minimum atomic E-state index is 0.706. The van der Waals surface area contributed by atoms with Crippen LogP contribution in [-0.4, -0.2) is 9.55 Å². The Hall–Kier alpha value is -1.28. The predicted molar refractivity (Wildman–Crippen MR) is 47.4 cm³/mol. The summed E-state index contributed by atoms with van der Waals surface area (Å²) < 4.78 is 1.85. The zero-order valence-corrected chi connectivity index (χ0v) is 6.99. The molecule has 2 aromatic rings. The van der Waals surface area contributed by atoms with Crippen LogP contribution in [0.25, 0.3) is 5.69 Å². The van der Waals surface area contributed by atoms with Gasteiger partial charge in [-0.1, -0.05) is 17.7 Å². The van der Waals surface area contributed by atoms with Crippen molar-refractivity contribution in [2.24, 2.45) is 0 Å². The lowest BCUT2D eigenvalue weighted by Crippen LogP contribution is -1.88. The SMILES string of the molecule is Clc1cc[c]c(-n2ccnc2)c1. The molecule has 0 unspecified atom stereocenters. The highest BCUT2D eigenvalue weighted by Crippen LogP contribution is 2.13. The Kier molecular flexibility index (Phi) is 1.84. The third-order valence-corrected chi connectivity index (χ3v) is 1.77. The molecule has 0 spiro atoms. The molecule has 1 aromatic heterocycles. The van der Waals surface area contributed by atoms with E-state index in [0.717, 1.165) is 5.69 Å². The van der Waals surface area contributed by atoms with Crippen LogP contribution in [0.15, 0.2) is 36.9 Å². The van der Waals surface area contributed by atoms with E-state index >= 15 is 0 Å². The third-order valence-electron chi connectivity index (χ3n) is 1.53. The van der Waals surface area contributed by atoms with E-state index in [-0.39, 0.29) is 0 Å². The molecule has 0 aliphatic carbocycles. The van der Waals surface area contributed by atoms with Crippen LogP contribution >= 0.6 is 11.6 Å². The highest BCUT2D eigenvalue weighted by Gasteiger charge is 1.94. The number of hydrogen-bond acceptors (Lipinski definition) is 1. The van der Waals surface area contributed by atoms with Crippen molar-refractivity contribution in [3.63, 3.8) is 0 Å². The smallest absolute Gasteiger partial charge is 0.0991 e. The van der Waals surface area contributed by atoms with Crippen LogP contribution in [-0.2, 0) is 0 Å². The van der Waals surface area contributed by atoms with Gasteiger partial charge < -0.3 is 4.57 Å². The molecule has 1 heterocycles. The molecule has 0 fully saturated rings. The molecule has 2 rings (SSSR count). The van der Waals surface area contributed by atoms with Gasteiger partial charge in [-0.2, -0.15) is 0 Å². The summed E-state index contributed by atoms with van der Waals surface area (Å²) >= 11 is 5.81. The summed E-state index contributed by atoms with van der Waals surface area (Å²) in [6.45, 7) is 0. The van der Waals surface area contributed by atoms with Gasteiger partial charge in [0.25, 0.3) is 0 Å². The summed E-state index contributed by atoms with van der Waals surface area (Å²) in [6.07, 6.45) is 5.28. The number of nitrogens with zero attached hydrogens (tertiary/aromatic N) is 2. The van der Waals surface area contributed by atoms with Crippen LogP contribution in [0.1, 0.15) is 0 Å². The standard InChI is InChI=1S/C9H6ClN2/c10-8-2-1-3-9(6-8)12-5-4-11-7-12/h1-2,4-7H. The Morgan fingerprint density at radius 2 is 2.42 bits per heavy atom. The van der Waals surface area contributed by atoms with Crippen LogP contribution in [0.5, 0.6) is 0 Å². The summed E-state index contributed by atoms with van der Waals surface area (Å²) in [5.41, 5.74) is 0.903. The van der Waals surface area contributed by atoms with Crippen LogP contribution in [0.2, 0.25) is 5.02 Å². The molecule has 59 valence electrons. The highest BCUT2D eigenvalue weighted by molar-refractivity contribution is 6.30. The van der Waals surface area contributed by atoms with Crippen LogP contribution in [0, 0.1) is 6.07 Å². The molecule has 0 atom stereocenters. The van der Waals surface area contributed by atoms with E-state index < -0.39 is 0 Å². The summed E-state index contributed by atoms with van der Waals surface area (Å²) in [6, 6.07) is 8.47. The molecule has 12 heavy (non-hydrogen) atoms. The average Bonchev–Trinajstić information content (AvgIpc) is 2.56. The molecule has 0 bridgehead atoms. The first-order chi connectivity index (χ1) is 5.86. The van der Waals surface area contributed by atoms with Crippen molar-refractivity contribution in [1.29, 1.82) is 0 Å². The Balaban J connectivity index is 2.48. The molecule has 0 saturated carbocycles. The Labute approximate surface area is 75.4 Å². The fourth-order valence-electron chi connectivity index (χ4n) is 0.978. The predicted octanol–water partition coefficient (Wildman–Crippen LogP) is 2.33. The van der Waals surface area contributed by atoms with E-state index in [9.17, 15) is 0 Å². The van der Waals surface area contributed by atoms with Gasteiger partial charge in [0.1, 0.15) is 0 Å². The van der Waals surface area contributed by atoms with Gasteiger partial charge in [-0.3, -0.25) is 0 Å². The second kappa shape index (κ2) is 2.99. The number of aromatic nitrogens is 2. The monoisotopic (exact) mass is 177 g/mol. The van der Waals surface area contributed by atoms with Crippen molar-refractivity contribution in [2.45, 2.75) is 0 Å². The Morgan fingerprint density at radius 1 is 1.50 bits per heavy atom. The lowest BCUT2D eigenvalue weighted by Gasteiger charge is -1.99. The molecule has 0 N–H and O–H groups in total. The van der Waals surface area contributed by atoms with E-state index in [1.165, 1.54) is 0 Å². The first-order valence-corrected chi connectivity index (χ1v) is 3.89. The summed E-state index contributed by atoms with van der Waals surface area (Å²) in [4.78, 5) is 3.93. The summed E-state index contributed by atoms with van der Waals surface area (Å²) in [5.74, 6) is 0. The minimum Gasteiger partial charge on any atom is -0.306 e. The van der Waals surface area contributed by atoms with E-state index in [4.69, 9.17) is 11.6 Å². The van der Waals surface area contributed by atoms with E-state index in [1.807, 2.05) is 16.8 Å². The lowest BCUT2D eigenvalue weighted by atomic mass is 10.3. The van der Waals surface area contributed by atoms with E-state index in [1.54, 1.807) is 24.7 Å². The molecule has 3 heteroatoms. The molecule has 2 nitrogen and oxygen atoms in total. The van der Waals surface area contributed by atoms with E-state index in [0.29, 0.717) is 5.02 Å². The molecule has 1 aromatic carbocycles. The largest absolute Gasteiger partial charge is 0.306 e. The molecule has 0 aliphatic heterocycles. The van der Waals surface area contributed by atoms with Gasteiger partial charge in [0.2, 0.25) is 0 Å². The van der Waals surface area contributed by atoms with Crippen LogP contribution in [0.3, 0.4) is 0 Å². The molecular weight excluding hydrogens is 172 g/mol. The van der Waals surface area contributed by atoms with Gasteiger partial charge in [0, 0.05) is 23.5 Å². The number of hydrogen-bond donors (Lipinski definition) is 0. The van der Waals surface area contributed by atoms with Crippen molar-refractivity contribution < 1.29 is 0 Å². The van der Waals surface area contributed by atoms with Gasteiger partial charge >= 0.3 is 0 Å². The molecular formula is C9H6ClN2. The third kappa shape index (κ3) is 1.34. The van der Waals surface area contributed by atoms with Crippen molar-refractivity contribution in [2.75, 3.05) is 0 Å². The Morgan fingerprint density at radius 3 is 3.08 bits per heavy atom. The number of rotatable bonds is 1. The fraction of sp³-hybridized carbons (Fsp3) is 0. The van der Waals surface area contributed by atoms with Gasteiger partial charge in [-0.25, -0.2) is 4.98 Å². The van der Waals surface area contributed by atoms with Crippen molar-refractivity contribution in [1.82, 2.24) is 9.55 Å². The van der Waals surface area contributed by atoms with Crippen LogP contribution < -0.4 is 0 Å². The van der Waals surface area contributed by atoms with Gasteiger partial charge in [-0.15, -0.1) is 0 Å². The fourth-order valence-corrected chi connectivity index (χ4v) is 1.14. The van der Waals surface area contributed by atoms with Crippen LogP contribution in [0.4, 0.5) is 0 Å². The number of imidazole rings is 1. The van der Waals surface area contributed by atoms with Gasteiger partial charge in [0.05, 0.1) is 12.0 Å². The zero-order valence-electron chi connectivity index (χ0n) is 6.24. The van der Waals surface area contributed by atoms with Crippen molar-refractivity contribution >= 4 is 11.6 Å². The Bertz CT molecular complexity index is 368. The van der Waals surface area contributed by atoms with Gasteiger partial charge in [0.15, 0.2) is 0 Å². The first-order valence-electron chi connectivity index (χ1n) is 3.52. The second-order valence-corrected chi connectivity index (χ2v) is 2.80. The van der Waals surface area contributed by atoms with Crippen molar-refractivity contribution in [3.05, 3.63) is 48.0 Å². The zero-order chi connectivity index (χ0) is 8.39. The maximum absolute atomic E-state index is 5.81. The highest BCUT2D eigenvalue weighted by atomic mass is 35.5.